The van der Waals surface area contributed by atoms with Gasteiger partial charge in [0, 0.05) is 45.7 Å². The van der Waals surface area contributed by atoms with Gasteiger partial charge in [-0.05, 0) is 31.2 Å². The van der Waals surface area contributed by atoms with Gasteiger partial charge in [0.15, 0.2) is 0 Å². The van der Waals surface area contributed by atoms with E-state index >= 15 is 0 Å². The number of hydrogen-bond acceptors (Lipinski definition) is 4. The molecule has 4 nitrogen and oxygen atoms in total. The summed E-state index contributed by atoms with van der Waals surface area (Å²) in [6, 6.07) is 10.7. The van der Waals surface area contributed by atoms with Crippen LogP contribution in [0.3, 0.4) is 0 Å². The quantitative estimate of drug-likeness (QED) is 0.578. The molecule has 2 heterocycles. The maximum Gasteiger partial charge on any atom is 0.312 e. The van der Waals surface area contributed by atoms with Crippen molar-refractivity contribution in [3.05, 3.63) is 35.9 Å². The Balaban J connectivity index is 0.00000196. The number of ether oxygens (including phenoxy) is 1. The number of cyclic esters (lactones) is 1. The molecule has 0 amide bonds. The number of rotatable bonds is 8. The first kappa shape index (κ1) is 25.2. The highest BCUT2D eigenvalue weighted by Crippen LogP contribution is 2.41. The normalized spacial score (nSPS) is 22.2. The first-order valence-electron chi connectivity index (χ1n) is 10.3. The average Bonchev–Trinajstić information content (AvgIpc) is 3.02. The lowest BCUT2D eigenvalue weighted by atomic mass is 9.79. The Morgan fingerprint density at radius 3 is 2.07 bits per heavy atom. The zero-order chi connectivity index (χ0) is 18.4. The Labute approximate surface area is 182 Å². The predicted molar refractivity (Wildman–Crippen MR) is 120 cm³/mol. The Bertz CT molecular complexity index is 573. The molecule has 0 bridgehead atoms. The number of piperazine rings is 1. The summed E-state index contributed by atoms with van der Waals surface area (Å²) in [4.78, 5) is 17.3. The number of halogens is 2. The monoisotopic (exact) mass is 430 g/mol. The molecule has 2 fully saturated rings. The summed E-state index contributed by atoms with van der Waals surface area (Å²) in [5.41, 5.74) is 1.22. The Kier molecular flexibility index (Phi) is 10.8. The molecule has 1 aromatic rings. The lowest BCUT2D eigenvalue weighted by Gasteiger charge is -2.35. The first-order chi connectivity index (χ1) is 12.6. The van der Waals surface area contributed by atoms with Crippen LogP contribution in [-0.2, 0) is 16.0 Å². The van der Waals surface area contributed by atoms with Gasteiger partial charge in [-0.2, -0.15) is 0 Å². The van der Waals surface area contributed by atoms with Crippen molar-refractivity contribution in [1.29, 1.82) is 0 Å². The van der Waals surface area contributed by atoms with Crippen molar-refractivity contribution in [2.45, 2.75) is 52.1 Å². The number of esters is 1. The van der Waals surface area contributed by atoms with Crippen molar-refractivity contribution in [2.24, 2.45) is 5.41 Å². The molecule has 0 saturated carbocycles. The van der Waals surface area contributed by atoms with E-state index in [0.29, 0.717) is 0 Å². The fraction of sp³-hybridized carbons (Fsp3) is 0.682. The van der Waals surface area contributed by atoms with E-state index in [1.165, 1.54) is 5.56 Å². The molecule has 0 radical (unpaired) electrons. The third-order valence-corrected chi connectivity index (χ3v) is 6.47. The van der Waals surface area contributed by atoms with E-state index in [2.05, 4.69) is 54.0 Å². The van der Waals surface area contributed by atoms with Gasteiger partial charge in [0.2, 0.25) is 0 Å². The number of hydrogen-bond donors (Lipinski definition) is 0. The van der Waals surface area contributed by atoms with E-state index in [1.54, 1.807) is 0 Å². The van der Waals surface area contributed by atoms with Crippen molar-refractivity contribution in [3.8, 4) is 0 Å². The minimum absolute atomic E-state index is 0. The average molecular weight is 431 g/mol. The predicted octanol–water partition coefficient (Wildman–Crippen LogP) is 4.20. The second-order valence-corrected chi connectivity index (χ2v) is 7.93. The molecule has 2 aliphatic heterocycles. The summed E-state index contributed by atoms with van der Waals surface area (Å²) in [5.74, 6) is 0.0400. The molecule has 6 heteroatoms. The van der Waals surface area contributed by atoms with Crippen molar-refractivity contribution in [1.82, 2.24) is 9.80 Å². The highest BCUT2D eigenvalue weighted by atomic mass is 35.5. The Morgan fingerprint density at radius 1 is 0.964 bits per heavy atom. The van der Waals surface area contributed by atoms with Gasteiger partial charge in [-0.15, -0.1) is 24.8 Å². The van der Waals surface area contributed by atoms with E-state index in [4.69, 9.17) is 4.74 Å². The molecule has 2 saturated heterocycles. The van der Waals surface area contributed by atoms with Crippen molar-refractivity contribution < 1.29 is 9.53 Å². The van der Waals surface area contributed by atoms with Crippen LogP contribution in [0.4, 0.5) is 0 Å². The standard InChI is InChI=1S/C22H34N2O2.2ClH/c1-3-22(4-2)18-20(26-21(22)25)11-13-24-16-14-23(15-17-24)12-10-19-8-6-5-7-9-19;;/h5-9,20H,3-4,10-18H2,1-2H3;2*1H. The minimum Gasteiger partial charge on any atom is -0.462 e. The van der Waals surface area contributed by atoms with E-state index in [9.17, 15) is 4.79 Å². The van der Waals surface area contributed by atoms with Crippen molar-refractivity contribution in [2.75, 3.05) is 39.3 Å². The lowest BCUT2D eigenvalue weighted by Crippen LogP contribution is -2.47. The first-order valence-corrected chi connectivity index (χ1v) is 10.3. The van der Waals surface area contributed by atoms with Gasteiger partial charge in [0.25, 0.3) is 0 Å². The molecule has 0 N–H and O–H groups in total. The molecule has 1 atom stereocenters. The van der Waals surface area contributed by atoms with Crippen LogP contribution in [0, 0.1) is 5.41 Å². The van der Waals surface area contributed by atoms with Crippen LogP contribution in [-0.4, -0.2) is 61.1 Å². The fourth-order valence-electron chi connectivity index (χ4n) is 4.32. The summed E-state index contributed by atoms with van der Waals surface area (Å²) in [6.45, 7) is 11.0. The van der Waals surface area contributed by atoms with Crippen LogP contribution in [0.15, 0.2) is 30.3 Å². The second kappa shape index (κ2) is 12.0. The second-order valence-electron chi connectivity index (χ2n) is 7.93. The third-order valence-electron chi connectivity index (χ3n) is 6.47. The number of carbonyl (C=O) groups excluding carboxylic acids is 1. The number of benzene rings is 1. The highest BCUT2D eigenvalue weighted by molar-refractivity contribution is 5.85. The van der Waals surface area contributed by atoms with Gasteiger partial charge in [-0.25, -0.2) is 0 Å². The largest absolute Gasteiger partial charge is 0.462 e. The van der Waals surface area contributed by atoms with Crippen LogP contribution in [0.1, 0.15) is 45.1 Å². The van der Waals surface area contributed by atoms with Gasteiger partial charge >= 0.3 is 5.97 Å². The molecule has 1 aromatic carbocycles. The van der Waals surface area contributed by atoms with Gasteiger partial charge in [0.05, 0.1) is 5.41 Å². The number of nitrogens with zero attached hydrogens (tertiary/aromatic N) is 2. The van der Waals surface area contributed by atoms with Crippen LogP contribution >= 0.6 is 24.8 Å². The summed E-state index contributed by atoms with van der Waals surface area (Å²) in [7, 11) is 0. The smallest absolute Gasteiger partial charge is 0.312 e. The molecule has 0 spiro atoms. The van der Waals surface area contributed by atoms with Gasteiger partial charge < -0.3 is 14.5 Å². The zero-order valence-corrected chi connectivity index (χ0v) is 18.9. The molecular formula is C22H36Cl2N2O2. The van der Waals surface area contributed by atoms with Crippen molar-refractivity contribution in [3.63, 3.8) is 0 Å². The van der Waals surface area contributed by atoms with Crippen LogP contribution in [0.2, 0.25) is 0 Å². The summed E-state index contributed by atoms with van der Waals surface area (Å²) >= 11 is 0. The van der Waals surface area contributed by atoms with Crippen molar-refractivity contribution >= 4 is 30.8 Å². The molecule has 3 rings (SSSR count). The zero-order valence-electron chi connectivity index (χ0n) is 17.3. The molecule has 0 aromatic heterocycles. The topological polar surface area (TPSA) is 32.8 Å². The van der Waals surface area contributed by atoms with Gasteiger partial charge in [-0.3, -0.25) is 4.79 Å². The van der Waals surface area contributed by atoms with E-state index < -0.39 is 0 Å². The Morgan fingerprint density at radius 2 is 1.54 bits per heavy atom. The van der Waals surface area contributed by atoms with Crippen LogP contribution < -0.4 is 0 Å². The van der Waals surface area contributed by atoms with Gasteiger partial charge in [0.1, 0.15) is 6.10 Å². The maximum atomic E-state index is 12.2. The SMILES string of the molecule is CCC1(CC)CC(CCN2CCN(CCc3ccccc3)CC2)OC1=O.Cl.Cl. The highest BCUT2D eigenvalue weighted by Gasteiger charge is 2.46. The molecular weight excluding hydrogens is 395 g/mol. The summed E-state index contributed by atoms with van der Waals surface area (Å²) in [5, 5.41) is 0. The van der Waals surface area contributed by atoms with Gasteiger partial charge in [-0.1, -0.05) is 44.2 Å². The van der Waals surface area contributed by atoms with Crippen LogP contribution in [0.25, 0.3) is 0 Å². The molecule has 160 valence electrons. The summed E-state index contributed by atoms with van der Waals surface area (Å²) < 4.78 is 5.68. The minimum atomic E-state index is -0.208. The van der Waals surface area contributed by atoms with E-state index in [0.717, 1.165) is 71.4 Å². The third kappa shape index (κ3) is 6.35. The van der Waals surface area contributed by atoms with E-state index in [-0.39, 0.29) is 42.3 Å². The molecule has 28 heavy (non-hydrogen) atoms. The van der Waals surface area contributed by atoms with Crippen LogP contribution in [0.5, 0.6) is 0 Å². The number of carbonyl (C=O) groups is 1. The fourth-order valence-corrected chi connectivity index (χ4v) is 4.32. The summed E-state index contributed by atoms with van der Waals surface area (Å²) in [6.07, 6.45) is 4.96. The molecule has 0 aliphatic carbocycles. The molecule has 2 aliphatic rings. The lowest BCUT2D eigenvalue weighted by molar-refractivity contribution is -0.149. The Hall–Kier alpha value is -0.810. The maximum absolute atomic E-state index is 12.2. The molecule has 1 unspecified atom stereocenters. The van der Waals surface area contributed by atoms with E-state index in [1.807, 2.05) is 0 Å².